The molecule has 0 radical (unpaired) electrons. The zero-order valence-electron chi connectivity index (χ0n) is 14.0. The first kappa shape index (κ1) is 17.9. The quantitative estimate of drug-likeness (QED) is 0.768. The van der Waals surface area contributed by atoms with Gasteiger partial charge in [0.15, 0.2) is 0 Å². The van der Waals surface area contributed by atoms with Gasteiger partial charge in [-0.15, -0.1) is 11.3 Å². The number of fused-ring (bicyclic) bond motifs is 3. The molecule has 0 spiro atoms. The summed E-state index contributed by atoms with van der Waals surface area (Å²) >= 11 is 1.64. The third-order valence-corrected chi connectivity index (χ3v) is 6.06. The van der Waals surface area contributed by atoms with Crippen molar-refractivity contribution in [1.29, 1.82) is 5.26 Å². The maximum Gasteiger partial charge on any atom is 0.139 e. The van der Waals surface area contributed by atoms with E-state index in [0.717, 1.165) is 34.4 Å². The fourth-order valence-corrected chi connectivity index (χ4v) is 4.63. The molecule has 134 valence electrons. The van der Waals surface area contributed by atoms with Gasteiger partial charge in [0.2, 0.25) is 0 Å². The number of rotatable bonds is 3. The van der Waals surface area contributed by atoms with Crippen LogP contribution in [0.15, 0.2) is 17.6 Å². The highest BCUT2D eigenvalue weighted by Crippen LogP contribution is 2.46. The lowest BCUT2D eigenvalue weighted by molar-refractivity contribution is -0.0460. The molecular weight excluding hydrogens is 340 g/mol. The lowest BCUT2D eigenvalue weighted by Crippen LogP contribution is -2.59. The summed E-state index contributed by atoms with van der Waals surface area (Å²) in [6.07, 6.45) is 3.37. The van der Waals surface area contributed by atoms with Crippen molar-refractivity contribution in [2.24, 2.45) is 5.92 Å². The van der Waals surface area contributed by atoms with E-state index in [0.29, 0.717) is 13.0 Å². The van der Waals surface area contributed by atoms with Crippen LogP contribution in [-0.4, -0.2) is 40.0 Å². The van der Waals surface area contributed by atoms with Crippen molar-refractivity contribution in [2.75, 3.05) is 17.2 Å². The second-order valence-electron chi connectivity index (χ2n) is 6.57. The highest BCUT2D eigenvalue weighted by atomic mass is 32.1. The zero-order valence-corrected chi connectivity index (χ0v) is 14.8. The topological polar surface area (TPSA) is 122 Å². The molecule has 1 saturated heterocycles. The van der Waals surface area contributed by atoms with Crippen LogP contribution in [0.3, 0.4) is 0 Å². The third-order valence-electron chi connectivity index (χ3n) is 5.14. The van der Waals surface area contributed by atoms with E-state index in [-0.39, 0.29) is 17.5 Å². The van der Waals surface area contributed by atoms with E-state index in [9.17, 15) is 5.11 Å². The van der Waals surface area contributed by atoms with Crippen LogP contribution in [0.5, 0.6) is 0 Å². The highest BCUT2D eigenvalue weighted by Gasteiger charge is 2.49. The first-order valence-electron chi connectivity index (χ1n) is 8.23. The molecule has 0 amide bonds. The minimum Gasteiger partial charge on any atom is -0.412 e. The van der Waals surface area contributed by atoms with Gasteiger partial charge in [-0.2, -0.15) is 5.26 Å². The molecule has 8 heteroatoms. The summed E-state index contributed by atoms with van der Waals surface area (Å²) in [5.41, 5.74) is 2.23. The molecule has 2 aliphatic rings. The molecule has 2 aliphatic heterocycles. The molecule has 1 fully saturated rings. The third kappa shape index (κ3) is 2.83. The Kier molecular flexibility index (Phi) is 4.84. The predicted octanol–water partition coefficient (Wildman–Crippen LogP) is 2.09. The Morgan fingerprint density at radius 1 is 1.52 bits per heavy atom. The monoisotopic (exact) mass is 362 g/mol. The minimum absolute atomic E-state index is 0. The van der Waals surface area contributed by atoms with Crippen LogP contribution < -0.4 is 10.6 Å². The number of aromatic nitrogens is 1. The molecule has 5 N–H and O–H groups in total. The predicted molar refractivity (Wildman–Crippen MR) is 97.6 cm³/mol. The van der Waals surface area contributed by atoms with E-state index >= 15 is 0 Å². The number of pyridine rings is 1. The van der Waals surface area contributed by atoms with Crippen LogP contribution in [0.2, 0.25) is 0 Å². The number of aliphatic hydroxyl groups excluding tert-OH is 1. The van der Waals surface area contributed by atoms with Crippen LogP contribution in [-0.2, 0) is 4.74 Å². The first-order valence-corrected chi connectivity index (χ1v) is 9.11. The van der Waals surface area contributed by atoms with E-state index in [4.69, 9.17) is 10.00 Å². The zero-order chi connectivity index (χ0) is 16.7. The van der Waals surface area contributed by atoms with Gasteiger partial charge in [0.1, 0.15) is 5.66 Å². The van der Waals surface area contributed by atoms with Gasteiger partial charge in [-0.25, -0.2) is 0 Å². The Morgan fingerprint density at radius 2 is 2.36 bits per heavy atom. The fraction of sp³-hybridized carbons (Fsp3) is 0.529. The highest BCUT2D eigenvalue weighted by molar-refractivity contribution is 7.17. The van der Waals surface area contributed by atoms with E-state index in [1.165, 1.54) is 0 Å². The van der Waals surface area contributed by atoms with Gasteiger partial charge in [-0.05, 0) is 31.2 Å². The summed E-state index contributed by atoms with van der Waals surface area (Å²) in [5.74, 6) is 0.106. The van der Waals surface area contributed by atoms with Crippen molar-refractivity contribution in [3.05, 3.63) is 17.6 Å². The maximum atomic E-state index is 10.6. The number of anilines is 2. The average molecular weight is 362 g/mol. The number of hydrogen-bond acceptors (Lipinski definition) is 7. The van der Waals surface area contributed by atoms with E-state index < -0.39 is 11.8 Å². The molecular formula is C17H22N4O3S. The van der Waals surface area contributed by atoms with Crippen LogP contribution in [0, 0.1) is 17.2 Å². The van der Waals surface area contributed by atoms with Crippen molar-refractivity contribution >= 4 is 32.9 Å². The van der Waals surface area contributed by atoms with Crippen molar-refractivity contribution in [2.45, 2.75) is 44.1 Å². The molecule has 4 atom stereocenters. The van der Waals surface area contributed by atoms with E-state index in [1.54, 1.807) is 18.3 Å². The number of ether oxygens (including phenoxy) is 1. The van der Waals surface area contributed by atoms with Crippen LogP contribution >= 0.6 is 11.3 Å². The molecule has 25 heavy (non-hydrogen) atoms. The molecule has 0 aromatic carbocycles. The number of hydrogen-bond donors (Lipinski definition) is 3. The Morgan fingerprint density at radius 3 is 3.04 bits per heavy atom. The first-order chi connectivity index (χ1) is 11.6. The number of nitriles is 1. The molecule has 4 heterocycles. The van der Waals surface area contributed by atoms with Crippen molar-refractivity contribution in [3.63, 3.8) is 0 Å². The average Bonchev–Trinajstić information content (AvgIpc) is 3.20. The molecule has 1 unspecified atom stereocenters. The second kappa shape index (κ2) is 6.77. The molecule has 0 aliphatic carbocycles. The smallest absolute Gasteiger partial charge is 0.139 e. The van der Waals surface area contributed by atoms with E-state index in [2.05, 4.69) is 21.7 Å². The van der Waals surface area contributed by atoms with Gasteiger partial charge >= 0.3 is 0 Å². The summed E-state index contributed by atoms with van der Waals surface area (Å²) < 4.78 is 6.96. The van der Waals surface area contributed by atoms with Gasteiger partial charge in [0.25, 0.3) is 0 Å². The van der Waals surface area contributed by atoms with Crippen LogP contribution in [0.1, 0.15) is 26.2 Å². The van der Waals surface area contributed by atoms with Gasteiger partial charge in [0.05, 0.1) is 59.1 Å². The van der Waals surface area contributed by atoms with Gasteiger partial charge in [0, 0.05) is 5.92 Å². The molecule has 4 rings (SSSR count). The number of thiophene rings is 1. The molecule has 0 bridgehead atoms. The Balaban J connectivity index is 0.00000182. The molecule has 0 saturated carbocycles. The summed E-state index contributed by atoms with van der Waals surface area (Å²) in [4.78, 5) is 4.48. The number of aliphatic hydroxyl groups is 1. The standard InChI is InChI=1S/C17H20N4O2S.H2O/c1-10(22)17(11-2-3-12(4-6-18)23-9-11)20-14-8-19-13-5-7-24-16(13)15(14)21-17;/h5,7-8,10-12,20-22H,2-4,9H2,1H3;1H2/t10-,11-,12-,17?;/m1./s1. The van der Waals surface area contributed by atoms with Crippen molar-refractivity contribution < 1.29 is 15.3 Å². The van der Waals surface area contributed by atoms with Crippen LogP contribution in [0.4, 0.5) is 11.4 Å². The van der Waals surface area contributed by atoms with Gasteiger partial charge in [-0.3, -0.25) is 4.98 Å². The lowest BCUT2D eigenvalue weighted by atomic mass is 9.83. The summed E-state index contributed by atoms with van der Waals surface area (Å²) in [6, 6.07) is 4.17. The van der Waals surface area contributed by atoms with Crippen LogP contribution in [0.25, 0.3) is 10.2 Å². The molecule has 2 aromatic rings. The van der Waals surface area contributed by atoms with E-state index in [1.807, 2.05) is 17.6 Å². The Hall–Kier alpha value is -1.92. The number of nitrogens with zero attached hydrogens (tertiary/aromatic N) is 2. The SMILES string of the molecule is C[C@@H](O)C1([C@@H]2CC[C@H](CC#N)OC2)Nc2cnc3ccsc3c2N1.O. The summed E-state index contributed by atoms with van der Waals surface area (Å²) in [5, 5.41) is 28.5. The normalized spacial score (nSPS) is 29.0. The Bertz CT molecular complexity index is 795. The minimum atomic E-state index is -0.667. The fourth-order valence-electron chi connectivity index (χ4n) is 3.77. The summed E-state index contributed by atoms with van der Waals surface area (Å²) in [6.45, 7) is 2.32. The molecule has 7 nitrogen and oxygen atoms in total. The Labute approximate surface area is 149 Å². The van der Waals surface area contributed by atoms with Crippen molar-refractivity contribution in [1.82, 2.24) is 4.98 Å². The lowest BCUT2D eigenvalue weighted by Gasteiger charge is -2.43. The van der Waals surface area contributed by atoms with Crippen molar-refractivity contribution in [3.8, 4) is 6.07 Å². The van der Waals surface area contributed by atoms with Gasteiger partial charge < -0.3 is 26.0 Å². The van der Waals surface area contributed by atoms with Gasteiger partial charge in [-0.1, -0.05) is 0 Å². The second-order valence-corrected chi connectivity index (χ2v) is 7.48. The molecule has 2 aromatic heterocycles. The summed E-state index contributed by atoms with van der Waals surface area (Å²) in [7, 11) is 0. The largest absolute Gasteiger partial charge is 0.412 e. The maximum absolute atomic E-state index is 10.6. The number of nitrogens with one attached hydrogen (secondary N) is 2.